The Hall–Kier alpha value is -1.20. The van der Waals surface area contributed by atoms with Gasteiger partial charge >= 0.3 is 0 Å². The molecule has 0 fully saturated rings. The highest BCUT2D eigenvalue weighted by Gasteiger charge is 2.05. The molecule has 2 aromatic rings. The topological polar surface area (TPSA) is 60.4 Å². The predicted octanol–water partition coefficient (Wildman–Crippen LogP) is 0.646. The fourth-order valence-corrected chi connectivity index (χ4v) is 2.39. The molecule has 2 heterocycles. The maximum absolute atomic E-state index is 11.4. The summed E-state index contributed by atoms with van der Waals surface area (Å²) in [5.41, 5.74) is 5.64. The molecule has 0 aliphatic heterocycles. The lowest BCUT2D eigenvalue weighted by molar-refractivity contribution is 0.744. The Labute approximate surface area is 85.0 Å². The van der Waals surface area contributed by atoms with E-state index in [9.17, 15) is 4.79 Å². The van der Waals surface area contributed by atoms with Gasteiger partial charge < -0.3 is 5.73 Å². The van der Waals surface area contributed by atoms with Crippen molar-refractivity contribution in [2.75, 3.05) is 0 Å². The summed E-state index contributed by atoms with van der Waals surface area (Å²) in [6.07, 6.45) is 4.13. The number of fused-ring (bicyclic) bond motifs is 1. The summed E-state index contributed by atoms with van der Waals surface area (Å²) in [6.45, 7) is 1.95. The standard InChI is InChI=1S/C9H11N3OS/c1-6(10)4-7-5-12-8(13)2-3-11-9(12)14-7/h2-3,5-6H,4,10H2,1H3. The maximum atomic E-state index is 11.4. The summed E-state index contributed by atoms with van der Waals surface area (Å²) < 4.78 is 1.56. The molecule has 0 radical (unpaired) electrons. The predicted molar refractivity (Wildman–Crippen MR) is 56.7 cm³/mol. The number of hydrogen-bond acceptors (Lipinski definition) is 4. The minimum Gasteiger partial charge on any atom is -0.328 e. The van der Waals surface area contributed by atoms with E-state index in [1.165, 1.54) is 23.6 Å². The van der Waals surface area contributed by atoms with Crippen molar-refractivity contribution in [1.29, 1.82) is 0 Å². The highest BCUT2D eigenvalue weighted by atomic mass is 32.1. The first-order valence-corrected chi connectivity index (χ1v) is 5.20. The lowest BCUT2D eigenvalue weighted by Crippen LogP contribution is -2.17. The molecular weight excluding hydrogens is 198 g/mol. The van der Waals surface area contributed by atoms with Gasteiger partial charge in [0, 0.05) is 29.4 Å². The van der Waals surface area contributed by atoms with Crippen LogP contribution in [0.25, 0.3) is 4.96 Å². The van der Waals surface area contributed by atoms with E-state index in [4.69, 9.17) is 5.73 Å². The normalized spacial score (nSPS) is 13.3. The van der Waals surface area contributed by atoms with Gasteiger partial charge in [-0.1, -0.05) is 0 Å². The highest BCUT2D eigenvalue weighted by Crippen LogP contribution is 2.14. The smallest absolute Gasteiger partial charge is 0.258 e. The Balaban J connectivity index is 2.52. The van der Waals surface area contributed by atoms with Crippen LogP contribution >= 0.6 is 11.3 Å². The molecule has 0 aliphatic carbocycles. The average molecular weight is 209 g/mol. The first-order chi connectivity index (χ1) is 6.66. The molecule has 2 aromatic heterocycles. The molecule has 74 valence electrons. The Morgan fingerprint density at radius 1 is 1.71 bits per heavy atom. The van der Waals surface area contributed by atoms with Gasteiger partial charge in [-0.25, -0.2) is 4.98 Å². The third-order valence-corrected chi connectivity index (χ3v) is 2.88. The van der Waals surface area contributed by atoms with Crippen LogP contribution in [0.2, 0.25) is 0 Å². The Bertz CT molecular complexity index is 500. The number of rotatable bonds is 2. The van der Waals surface area contributed by atoms with Crippen LogP contribution in [-0.4, -0.2) is 15.4 Å². The van der Waals surface area contributed by atoms with Crippen molar-refractivity contribution in [3.8, 4) is 0 Å². The van der Waals surface area contributed by atoms with Gasteiger partial charge in [-0.3, -0.25) is 9.20 Å². The molecule has 0 aromatic carbocycles. The largest absolute Gasteiger partial charge is 0.328 e. The van der Waals surface area contributed by atoms with Crippen molar-refractivity contribution in [1.82, 2.24) is 9.38 Å². The zero-order chi connectivity index (χ0) is 10.1. The van der Waals surface area contributed by atoms with Gasteiger partial charge in [-0.2, -0.15) is 0 Å². The van der Waals surface area contributed by atoms with Crippen LogP contribution in [0, 0.1) is 0 Å². The molecule has 0 saturated carbocycles. The summed E-state index contributed by atoms with van der Waals surface area (Å²) in [4.78, 5) is 17.3. The van der Waals surface area contributed by atoms with Crippen LogP contribution in [0.15, 0.2) is 23.3 Å². The van der Waals surface area contributed by atoms with E-state index in [1.807, 2.05) is 13.1 Å². The second-order valence-electron chi connectivity index (χ2n) is 3.31. The molecule has 2 rings (SSSR count). The van der Waals surface area contributed by atoms with Crippen LogP contribution in [0.5, 0.6) is 0 Å². The number of nitrogens with zero attached hydrogens (tertiary/aromatic N) is 2. The van der Waals surface area contributed by atoms with E-state index >= 15 is 0 Å². The fourth-order valence-electron chi connectivity index (χ4n) is 1.30. The van der Waals surface area contributed by atoms with Gasteiger partial charge in [0.1, 0.15) is 0 Å². The Kier molecular flexibility index (Phi) is 2.35. The monoisotopic (exact) mass is 209 g/mol. The van der Waals surface area contributed by atoms with Crippen molar-refractivity contribution >= 4 is 16.3 Å². The molecule has 0 spiro atoms. The van der Waals surface area contributed by atoms with Gasteiger partial charge in [-0.15, -0.1) is 11.3 Å². The minimum atomic E-state index is -0.0397. The SMILES string of the molecule is CC(N)Cc1cn2c(=O)ccnc2s1. The van der Waals surface area contributed by atoms with Gasteiger partial charge in [0.05, 0.1) is 0 Å². The zero-order valence-corrected chi connectivity index (χ0v) is 8.62. The van der Waals surface area contributed by atoms with E-state index in [0.717, 1.165) is 16.3 Å². The van der Waals surface area contributed by atoms with Crippen LogP contribution < -0.4 is 11.3 Å². The Morgan fingerprint density at radius 2 is 2.50 bits per heavy atom. The lowest BCUT2D eigenvalue weighted by Gasteiger charge is -1.98. The quantitative estimate of drug-likeness (QED) is 0.789. The number of nitrogens with two attached hydrogens (primary N) is 1. The molecule has 5 heteroatoms. The summed E-state index contributed by atoms with van der Waals surface area (Å²) in [5, 5.41) is 0. The highest BCUT2D eigenvalue weighted by molar-refractivity contribution is 7.17. The van der Waals surface area contributed by atoms with Crippen molar-refractivity contribution < 1.29 is 0 Å². The van der Waals surface area contributed by atoms with E-state index in [0.29, 0.717) is 0 Å². The molecule has 1 unspecified atom stereocenters. The second kappa shape index (κ2) is 3.51. The van der Waals surface area contributed by atoms with E-state index in [2.05, 4.69) is 4.98 Å². The third kappa shape index (κ3) is 1.69. The molecule has 1 atom stereocenters. The lowest BCUT2D eigenvalue weighted by atomic mass is 10.2. The van der Waals surface area contributed by atoms with Crippen molar-refractivity contribution in [3.05, 3.63) is 33.7 Å². The maximum Gasteiger partial charge on any atom is 0.258 e. The summed E-state index contributed by atoms with van der Waals surface area (Å²) in [5.74, 6) is 0. The molecule has 0 amide bonds. The van der Waals surface area contributed by atoms with Gasteiger partial charge in [-0.05, 0) is 13.3 Å². The average Bonchev–Trinajstić information content (AvgIpc) is 2.47. The molecule has 0 aliphatic rings. The molecule has 14 heavy (non-hydrogen) atoms. The molecule has 0 saturated heterocycles. The van der Waals surface area contributed by atoms with Crippen molar-refractivity contribution in [3.63, 3.8) is 0 Å². The Morgan fingerprint density at radius 3 is 3.14 bits per heavy atom. The van der Waals surface area contributed by atoms with E-state index in [1.54, 1.807) is 4.40 Å². The second-order valence-corrected chi connectivity index (χ2v) is 4.41. The van der Waals surface area contributed by atoms with Crippen LogP contribution in [0.4, 0.5) is 0 Å². The summed E-state index contributed by atoms with van der Waals surface area (Å²) in [7, 11) is 0. The van der Waals surface area contributed by atoms with Gasteiger partial charge in [0.15, 0.2) is 4.96 Å². The molecule has 4 nitrogen and oxygen atoms in total. The van der Waals surface area contributed by atoms with Crippen molar-refractivity contribution in [2.24, 2.45) is 5.73 Å². The molecule has 0 bridgehead atoms. The summed E-state index contributed by atoms with van der Waals surface area (Å²) >= 11 is 1.51. The first kappa shape index (κ1) is 9.36. The van der Waals surface area contributed by atoms with Crippen molar-refractivity contribution in [2.45, 2.75) is 19.4 Å². The van der Waals surface area contributed by atoms with Crippen LogP contribution in [0.3, 0.4) is 0 Å². The van der Waals surface area contributed by atoms with Gasteiger partial charge in [0.2, 0.25) is 0 Å². The number of aromatic nitrogens is 2. The van der Waals surface area contributed by atoms with Crippen LogP contribution in [-0.2, 0) is 6.42 Å². The number of thiazole rings is 1. The van der Waals surface area contributed by atoms with E-state index < -0.39 is 0 Å². The zero-order valence-electron chi connectivity index (χ0n) is 7.80. The molecule has 2 N–H and O–H groups in total. The third-order valence-electron chi connectivity index (χ3n) is 1.86. The summed E-state index contributed by atoms with van der Waals surface area (Å²) in [6, 6.07) is 1.56. The van der Waals surface area contributed by atoms with Crippen LogP contribution in [0.1, 0.15) is 11.8 Å². The fraction of sp³-hybridized carbons (Fsp3) is 0.333. The molecular formula is C9H11N3OS. The van der Waals surface area contributed by atoms with E-state index in [-0.39, 0.29) is 11.6 Å². The first-order valence-electron chi connectivity index (χ1n) is 4.38. The van der Waals surface area contributed by atoms with Gasteiger partial charge in [0.25, 0.3) is 5.56 Å². The number of hydrogen-bond donors (Lipinski definition) is 1. The minimum absolute atomic E-state index is 0.0397.